The van der Waals surface area contributed by atoms with Gasteiger partial charge in [0.25, 0.3) is 0 Å². The molecule has 168 valence electrons. The number of anilines is 1. The molecule has 2 fully saturated rings. The van der Waals surface area contributed by atoms with Crippen molar-refractivity contribution in [3.63, 3.8) is 0 Å². The number of likely N-dealkylation sites (tertiary alicyclic amines) is 1. The van der Waals surface area contributed by atoms with Crippen molar-refractivity contribution in [2.75, 3.05) is 17.4 Å². The Morgan fingerprint density at radius 1 is 1.16 bits per heavy atom. The number of halogens is 4. The molecule has 31 heavy (non-hydrogen) atoms. The van der Waals surface area contributed by atoms with Crippen LogP contribution < -0.4 is 9.03 Å². The van der Waals surface area contributed by atoms with E-state index in [4.69, 9.17) is 0 Å². The van der Waals surface area contributed by atoms with Crippen molar-refractivity contribution in [2.24, 2.45) is 0 Å². The van der Waals surface area contributed by atoms with Crippen LogP contribution in [-0.2, 0) is 22.9 Å². The normalized spacial score (nSPS) is 26.5. The average molecular weight is 457 g/mol. The number of hydrogen-bond acceptors (Lipinski definition) is 3. The van der Waals surface area contributed by atoms with Crippen LogP contribution in [0.3, 0.4) is 0 Å². The summed E-state index contributed by atoms with van der Waals surface area (Å²) in [6.45, 7) is 2.97. The zero-order chi connectivity index (χ0) is 22.4. The predicted octanol–water partition coefficient (Wildman–Crippen LogP) is 3.92. The summed E-state index contributed by atoms with van der Waals surface area (Å²) in [7, 11) is -3.81. The van der Waals surface area contributed by atoms with E-state index in [0.29, 0.717) is 31.5 Å². The molecule has 4 rings (SSSR count). The molecule has 2 heterocycles. The highest BCUT2D eigenvalue weighted by Crippen LogP contribution is 2.41. The summed E-state index contributed by atoms with van der Waals surface area (Å²) in [5.41, 5.74) is -0.620. The molecular weight excluding hydrogens is 434 g/mol. The van der Waals surface area contributed by atoms with Crippen molar-refractivity contribution in [1.29, 1.82) is 0 Å². The fourth-order valence-corrected chi connectivity index (χ4v) is 6.36. The van der Waals surface area contributed by atoms with Gasteiger partial charge >= 0.3 is 16.4 Å². The Labute approximate surface area is 178 Å². The minimum atomic E-state index is -4.40. The largest absolute Gasteiger partial charge is 0.416 e. The van der Waals surface area contributed by atoms with Gasteiger partial charge in [0.15, 0.2) is 0 Å². The molecule has 0 amide bonds. The van der Waals surface area contributed by atoms with Crippen LogP contribution in [0, 0.1) is 5.82 Å². The zero-order valence-electron chi connectivity index (χ0n) is 16.9. The van der Waals surface area contributed by atoms with E-state index in [1.165, 1.54) is 28.6 Å². The minimum Gasteiger partial charge on any atom is -0.296 e. The summed E-state index contributed by atoms with van der Waals surface area (Å²) in [5.74, 6) is -0.523. The maximum Gasteiger partial charge on any atom is 0.416 e. The molecule has 1 spiro atoms. The number of hydrogen-bond donors (Lipinski definition) is 1. The maximum absolute atomic E-state index is 13.8. The lowest BCUT2D eigenvalue weighted by atomic mass is 9.83. The van der Waals surface area contributed by atoms with E-state index < -0.39 is 33.3 Å². The van der Waals surface area contributed by atoms with Gasteiger partial charge in [-0.2, -0.15) is 26.3 Å². The SMILES string of the molecule is C[C@H]1C[C@]2(CCN1Cc1cccc(C(F)(F)F)c1)CNS(=O)(=O)N2c1cccc(F)c1. The van der Waals surface area contributed by atoms with Crippen molar-refractivity contribution in [2.45, 2.75) is 44.1 Å². The molecule has 2 aliphatic heterocycles. The fourth-order valence-electron chi connectivity index (χ4n) is 4.65. The van der Waals surface area contributed by atoms with E-state index in [0.717, 1.165) is 12.1 Å². The number of nitrogens with zero attached hydrogens (tertiary/aromatic N) is 2. The van der Waals surface area contributed by atoms with Crippen molar-refractivity contribution >= 4 is 15.9 Å². The highest BCUT2D eigenvalue weighted by atomic mass is 32.2. The van der Waals surface area contributed by atoms with Crippen LogP contribution >= 0.6 is 0 Å². The van der Waals surface area contributed by atoms with Crippen LogP contribution in [0.25, 0.3) is 0 Å². The number of benzene rings is 2. The molecule has 0 aromatic heterocycles. The molecule has 2 aromatic carbocycles. The van der Waals surface area contributed by atoms with Gasteiger partial charge in [-0.15, -0.1) is 0 Å². The summed E-state index contributed by atoms with van der Waals surface area (Å²) < 4.78 is 82.2. The third-order valence-electron chi connectivity index (χ3n) is 6.10. The molecule has 10 heteroatoms. The highest BCUT2D eigenvalue weighted by molar-refractivity contribution is 7.91. The van der Waals surface area contributed by atoms with Gasteiger partial charge in [0.1, 0.15) is 5.82 Å². The molecule has 0 radical (unpaired) electrons. The Kier molecular flexibility index (Phi) is 5.51. The number of alkyl halides is 3. The maximum atomic E-state index is 13.8. The quantitative estimate of drug-likeness (QED) is 0.711. The molecule has 0 aliphatic carbocycles. The molecule has 2 aromatic rings. The standard InChI is InChI=1S/C21H23F4N3O2S/c1-15-12-20(14-26-31(29,30)28(20)19-7-3-6-18(22)11-19)8-9-27(15)13-16-4-2-5-17(10-16)21(23,24)25/h2-7,10-11,15,26H,8-9,12-14H2,1H3/t15-,20+/m0/s1. The first-order valence-corrected chi connectivity index (χ1v) is 11.4. The smallest absolute Gasteiger partial charge is 0.296 e. The van der Waals surface area contributed by atoms with Crippen LogP contribution in [0.2, 0.25) is 0 Å². The van der Waals surface area contributed by atoms with E-state index in [2.05, 4.69) is 9.62 Å². The molecule has 0 bridgehead atoms. The lowest BCUT2D eigenvalue weighted by Crippen LogP contribution is -2.57. The molecule has 1 N–H and O–H groups in total. The minimum absolute atomic E-state index is 0.0885. The molecular formula is C21H23F4N3O2S. The van der Waals surface area contributed by atoms with E-state index in [9.17, 15) is 26.0 Å². The summed E-state index contributed by atoms with van der Waals surface area (Å²) >= 11 is 0. The van der Waals surface area contributed by atoms with Crippen LogP contribution in [0.4, 0.5) is 23.2 Å². The average Bonchev–Trinajstić information content (AvgIpc) is 2.94. The van der Waals surface area contributed by atoms with Crippen LogP contribution in [0.5, 0.6) is 0 Å². The van der Waals surface area contributed by atoms with Crippen molar-refractivity contribution in [1.82, 2.24) is 9.62 Å². The van der Waals surface area contributed by atoms with Crippen LogP contribution in [0.15, 0.2) is 48.5 Å². The van der Waals surface area contributed by atoms with Crippen molar-refractivity contribution in [3.05, 3.63) is 65.5 Å². The summed E-state index contributed by atoms with van der Waals surface area (Å²) in [4.78, 5) is 2.05. The van der Waals surface area contributed by atoms with E-state index >= 15 is 0 Å². The second-order valence-electron chi connectivity index (χ2n) is 8.27. The Hall–Kier alpha value is -2.17. The molecule has 2 atom stereocenters. The zero-order valence-corrected chi connectivity index (χ0v) is 17.7. The topological polar surface area (TPSA) is 52.7 Å². The Balaban J connectivity index is 1.56. The van der Waals surface area contributed by atoms with E-state index in [1.54, 1.807) is 12.1 Å². The monoisotopic (exact) mass is 457 g/mol. The van der Waals surface area contributed by atoms with Gasteiger partial charge in [0, 0.05) is 25.7 Å². The van der Waals surface area contributed by atoms with E-state index in [1.807, 2.05) is 6.92 Å². The van der Waals surface area contributed by atoms with Crippen LogP contribution in [0.1, 0.15) is 30.9 Å². The third kappa shape index (κ3) is 4.28. The summed E-state index contributed by atoms with van der Waals surface area (Å²) in [5, 5.41) is 0. The number of piperidine rings is 1. The first-order chi connectivity index (χ1) is 14.5. The van der Waals surface area contributed by atoms with Gasteiger partial charge in [-0.25, -0.2) is 4.39 Å². The summed E-state index contributed by atoms with van der Waals surface area (Å²) in [6, 6.07) is 10.7. The van der Waals surface area contributed by atoms with Crippen LogP contribution in [-0.4, -0.2) is 38.0 Å². The number of nitrogens with one attached hydrogen (secondary N) is 1. The Morgan fingerprint density at radius 3 is 2.58 bits per heavy atom. The molecule has 2 aliphatic rings. The third-order valence-corrected chi connectivity index (χ3v) is 7.69. The molecule has 0 unspecified atom stereocenters. The second-order valence-corrected chi connectivity index (χ2v) is 9.87. The first-order valence-electron chi connectivity index (χ1n) is 9.96. The van der Waals surface area contributed by atoms with E-state index in [-0.39, 0.29) is 18.3 Å². The summed E-state index contributed by atoms with van der Waals surface area (Å²) in [6.07, 6.45) is -3.46. The fraction of sp³-hybridized carbons (Fsp3) is 0.429. The molecule has 0 saturated carbocycles. The van der Waals surface area contributed by atoms with Crippen molar-refractivity contribution in [3.8, 4) is 0 Å². The van der Waals surface area contributed by atoms with Crippen molar-refractivity contribution < 1.29 is 26.0 Å². The molecule has 5 nitrogen and oxygen atoms in total. The van der Waals surface area contributed by atoms with Gasteiger partial charge in [-0.3, -0.25) is 9.21 Å². The van der Waals surface area contributed by atoms with Gasteiger partial charge in [0.2, 0.25) is 0 Å². The van der Waals surface area contributed by atoms with Gasteiger partial charge < -0.3 is 0 Å². The lowest BCUT2D eigenvalue weighted by molar-refractivity contribution is -0.137. The highest BCUT2D eigenvalue weighted by Gasteiger charge is 2.52. The molecule has 2 saturated heterocycles. The number of rotatable bonds is 3. The van der Waals surface area contributed by atoms with Gasteiger partial charge in [0.05, 0.1) is 16.8 Å². The first kappa shape index (κ1) is 22.0. The van der Waals surface area contributed by atoms with Gasteiger partial charge in [-0.1, -0.05) is 24.3 Å². The Bertz CT molecular complexity index is 1080. The lowest BCUT2D eigenvalue weighted by Gasteiger charge is -2.47. The van der Waals surface area contributed by atoms with Gasteiger partial charge in [-0.05, 0) is 49.6 Å². The predicted molar refractivity (Wildman–Crippen MR) is 109 cm³/mol. The Morgan fingerprint density at radius 2 is 1.90 bits per heavy atom. The second kappa shape index (κ2) is 7.75.